The molecule has 0 aliphatic rings. The average molecular weight is 404 g/mol. The molecule has 6 nitrogen and oxygen atoms in total. The summed E-state index contributed by atoms with van der Waals surface area (Å²) in [6.45, 7) is 2.44. The molecule has 1 aromatic heterocycles. The number of anilines is 1. The highest BCUT2D eigenvalue weighted by Gasteiger charge is 2.14. The Kier molecular flexibility index (Phi) is 6.54. The molecule has 0 bridgehead atoms. The molecular formula is C23H21FN4O2. The molecule has 0 radical (unpaired) electrons. The van der Waals surface area contributed by atoms with Crippen LogP contribution in [0.25, 0.3) is 16.6 Å². The van der Waals surface area contributed by atoms with Crippen molar-refractivity contribution in [3.05, 3.63) is 89.9 Å². The Morgan fingerprint density at radius 1 is 1.03 bits per heavy atom. The Labute approximate surface area is 173 Å². The Bertz CT molecular complexity index is 1140. The highest BCUT2D eigenvalue weighted by atomic mass is 19.1. The smallest absolute Gasteiger partial charge is 0.252 e. The fourth-order valence-corrected chi connectivity index (χ4v) is 3.10. The monoisotopic (exact) mass is 404 g/mol. The van der Waals surface area contributed by atoms with Gasteiger partial charge in [0, 0.05) is 24.7 Å². The minimum Gasteiger partial charge on any atom is -0.388 e. The van der Waals surface area contributed by atoms with E-state index in [0.717, 1.165) is 27.8 Å². The zero-order valence-corrected chi connectivity index (χ0v) is 16.4. The second kappa shape index (κ2) is 9.47. The van der Waals surface area contributed by atoms with Crippen LogP contribution in [0.1, 0.15) is 15.9 Å². The number of amides is 1. The van der Waals surface area contributed by atoms with Crippen LogP contribution >= 0.6 is 0 Å². The van der Waals surface area contributed by atoms with Crippen molar-refractivity contribution in [1.82, 2.24) is 15.1 Å². The van der Waals surface area contributed by atoms with Crippen LogP contribution in [0.5, 0.6) is 0 Å². The fraction of sp³-hybridized carbons (Fsp3) is 0.0870. The van der Waals surface area contributed by atoms with Crippen molar-refractivity contribution in [3.63, 3.8) is 0 Å². The van der Waals surface area contributed by atoms with Gasteiger partial charge in [-0.1, -0.05) is 18.2 Å². The molecule has 0 aliphatic carbocycles. The van der Waals surface area contributed by atoms with E-state index in [0.29, 0.717) is 12.1 Å². The van der Waals surface area contributed by atoms with Crippen LogP contribution in [0.2, 0.25) is 0 Å². The van der Waals surface area contributed by atoms with Crippen molar-refractivity contribution in [2.75, 3.05) is 12.4 Å². The molecule has 152 valence electrons. The van der Waals surface area contributed by atoms with Crippen LogP contribution in [0.3, 0.4) is 0 Å². The Morgan fingerprint density at radius 2 is 1.73 bits per heavy atom. The molecule has 0 aliphatic heterocycles. The molecule has 2 N–H and O–H groups in total. The maximum atomic E-state index is 13.2. The summed E-state index contributed by atoms with van der Waals surface area (Å²) in [5.74, 6) is -0.468. The van der Waals surface area contributed by atoms with Gasteiger partial charge >= 0.3 is 0 Å². The molecule has 3 aromatic carbocycles. The molecule has 1 amide bonds. The Hall–Kier alpha value is -4.00. The largest absolute Gasteiger partial charge is 0.388 e. The number of carbonyl (C=O) groups excluding carboxylic acids is 2. The third-order valence-corrected chi connectivity index (χ3v) is 4.63. The first-order valence-electron chi connectivity index (χ1n) is 9.22. The number of benzene rings is 3. The molecule has 0 saturated carbocycles. The maximum absolute atomic E-state index is 13.2. The summed E-state index contributed by atoms with van der Waals surface area (Å²) in [6, 6.07) is 19.4. The summed E-state index contributed by atoms with van der Waals surface area (Å²) in [5.41, 5.74) is 4.11. The Balaban J connectivity index is 0.00000124. The van der Waals surface area contributed by atoms with Gasteiger partial charge in [0.2, 0.25) is 0 Å². The van der Waals surface area contributed by atoms with Crippen LogP contribution in [0, 0.1) is 5.82 Å². The molecule has 0 unspecified atom stereocenters. The lowest BCUT2D eigenvalue weighted by molar-refractivity contribution is -0.0980. The van der Waals surface area contributed by atoms with E-state index in [4.69, 9.17) is 4.79 Å². The third-order valence-electron chi connectivity index (χ3n) is 4.63. The van der Waals surface area contributed by atoms with Crippen molar-refractivity contribution in [3.8, 4) is 5.69 Å². The lowest BCUT2D eigenvalue weighted by Crippen LogP contribution is -2.22. The number of hydrogen-bond donors (Lipinski definition) is 2. The first-order chi connectivity index (χ1) is 14.7. The van der Waals surface area contributed by atoms with Gasteiger partial charge in [0.25, 0.3) is 5.91 Å². The Morgan fingerprint density at radius 3 is 2.40 bits per heavy atom. The van der Waals surface area contributed by atoms with Gasteiger partial charge in [0.05, 0.1) is 23.0 Å². The lowest BCUT2D eigenvalue weighted by atomic mass is 10.1. The number of nitrogens with zero attached hydrogens (tertiary/aromatic N) is 2. The van der Waals surface area contributed by atoms with E-state index in [2.05, 4.69) is 15.7 Å². The van der Waals surface area contributed by atoms with E-state index >= 15 is 0 Å². The fourth-order valence-electron chi connectivity index (χ4n) is 3.10. The summed E-state index contributed by atoms with van der Waals surface area (Å²) < 4.78 is 14.9. The predicted molar refractivity (Wildman–Crippen MR) is 115 cm³/mol. The quantitative estimate of drug-likeness (QED) is 0.528. The van der Waals surface area contributed by atoms with Gasteiger partial charge in [0.15, 0.2) is 0 Å². The van der Waals surface area contributed by atoms with Gasteiger partial charge < -0.3 is 15.4 Å². The highest BCUT2D eigenvalue weighted by Crippen LogP contribution is 2.22. The molecule has 30 heavy (non-hydrogen) atoms. The molecule has 0 saturated heterocycles. The second-order valence-electron chi connectivity index (χ2n) is 6.40. The zero-order chi connectivity index (χ0) is 21.5. The standard InChI is InChI=1S/C22H19FN4O.CH2O/c1-24-17-9-5-15(6-10-17)13-25-22(28)19-3-2-4-21-20(19)14-26-27(21)18-11-7-16(23)8-12-18;1-2/h2-12,14,24H,13H2,1H3,(H,25,28);1H2. The first-order valence-corrected chi connectivity index (χ1v) is 9.22. The number of aromatic nitrogens is 2. The van der Waals surface area contributed by atoms with E-state index in [-0.39, 0.29) is 11.7 Å². The van der Waals surface area contributed by atoms with Gasteiger partial charge in [0.1, 0.15) is 12.6 Å². The first kappa shape index (κ1) is 20.7. The van der Waals surface area contributed by atoms with Crippen molar-refractivity contribution >= 4 is 29.3 Å². The van der Waals surface area contributed by atoms with Crippen LogP contribution in [0.15, 0.2) is 72.9 Å². The SMILES string of the molecule is C=O.CNc1ccc(CNC(=O)c2cccc3c2cnn3-c2ccc(F)cc2)cc1. The average Bonchev–Trinajstić information content (AvgIpc) is 3.24. The molecular weight excluding hydrogens is 383 g/mol. The van der Waals surface area contributed by atoms with Crippen LogP contribution in [-0.2, 0) is 11.3 Å². The summed E-state index contributed by atoms with van der Waals surface area (Å²) in [5, 5.41) is 11.2. The highest BCUT2D eigenvalue weighted by molar-refractivity contribution is 6.06. The third kappa shape index (κ3) is 4.35. The van der Waals surface area contributed by atoms with Gasteiger partial charge in [-0.2, -0.15) is 5.10 Å². The van der Waals surface area contributed by atoms with Gasteiger partial charge in [-0.25, -0.2) is 9.07 Å². The second-order valence-corrected chi connectivity index (χ2v) is 6.40. The number of fused-ring (bicyclic) bond motifs is 1. The van der Waals surface area contributed by atoms with Gasteiger partial charge in [-0.15, -0.1) is 0 Å². The van der Waals surface area contributed by atoms with Crippen LogP contribution in [-0.4, -0.2) is 29.5 Å². The molecule has 0 fully saturated rings. The van der Waals surface area contributed by atoms with Gasteiger partial charge in [-0.05, 0) is 54.1 Å². The molecule has 1 heterocycles. The molecule has 4 rings (SSSR count). The molecule has 0 atom stereocenters. The van der Waals surface area contributed by atoms with Crippen molar-refractivity contribution in [2.45, 2.75) is 6.54 Å². The van der Waals surface area contributed by atoms with E-state index in [1.807, 2.05) is 50.2 Å². The van der Waals surface area contributed by atoms with Crippen molar-refractivity contribution in [2.24, 2.45) is 0 Å². The summed E-state index contributed by atoms with van der Waals surface area (Å²) >= 11 is 0. The minimum atomic E-state index is -0.303. The predicted octanol–water partition coefficient (Wildman–Crippen LogP) is 3.95. The van der Waals surface area contributed by atoms with Crippen LogP contribution in [0.4, 0.5) is 10.1 Å². The van der Waals surface area contributed by atoms with Crippen molar-refractivity contribution in [1.29, 1.82) is 0 Å². The molecule has 0 spiro atoms. The number of nitrogens with one attached hydrogen (secondary N) is 2. The number of hydrogen-bond acceptors (Lipinski definition) is 4. The number of carbonyl (C=O) groups is 2. The normalized spacial score (nSPS) is 10.2. The topological polar surface area (TPSA) is 76.0 Å². The van der Waals surface area contributed by atoms with Gasteiger partial charge in [-0.3, -0.25) is 4.79 Å². The van der Waals surface area contributed by atoms with E-state index in [1.165, 1.54) is 12.1 Å². The summed E-state index contributed by atoms with van der Waals surface area (Å²) in [4.78, 5) is 20.7. The summed E-state index contributed by atoms with van der Waals surface area (Å²) in [6.07, 6.45) is 1.66. The maximum Gasteiger partial charge on any atom is 0.252 e. The molecule has 7 heteroatoms. The minimum absolute atomic E-state index is 0.165. The zero-order valence-electron chi connectivity index (χ0n) is 16.4. The number of halogens is 1. The van der Waals surface area contributed by atoms with Crippen molar-refractivity contribution < 1.29 is 14.0 Å². The van der Waals surface area contributed by atoms with E-state index in [9.17, 15) is 9.18 Å². The molecule has 4 aromatic rings. The van der Waals surface area contributed by atoms with E-state index < -0.39 is 0 Å². The van der Waals surface area contributed by atoms with Crippen LogP contribution < -0.4 is 10.6 Å². The summed E-state index contributed by atoms with van der Waals surface area (Å²) in [7, 11) is 1.86. The lowest BCUT2D eigenvalue weighted by Gasteiger charge is -2.08. The van der Waals surface area contributed by atoms with E-state index in [1.54, 1.807) is 29.1 Å². The number of rotatable bonds is 5.